The molecule has 0 spiro atoms. The van der Waals surface area contributed by atoms with Crippen molar-refractivity contribution in [3.05, 3.63) is 71.4 Å². The summed E-state index contributed by atoms with van der Waals surface area (Å²) < 4.78 is 44.2. The van der Waals surface area contributed by atoms with Crippen molar-refractivity contribution < 1.29 is 22.4 Å². The van der Waals surface area contributed by atoms with Crippen LogP contribution in [0.15, 0.2) is 52.9 Å². The summed E-state index contributed by atoms with van der Waals surface area (Å²) in [6.07, 6.45) is -1.57. The number of hydrogen-bond donors (Lipinski definition) is 0. The fraction of sp³-hybridized carbons (Fsp3) is 0.211. The lowest BCUT2D eigenvalue weighted by molar-refractivity contribution is -0.118. The molecule has 0 aliphatic heterocycles. The third-order valence-electron chi connectivity index (χ3n) is 3.98. The number of nitrogens with zero attached hydrogens (tertiary/aromatic N) is 3. The third kappa shape index (κ3) is 4.72. The van der Waals surface area contributed by atoms with E-state index in [1.54, 1.807) is 0 Å². The van der Waals surface area contributed by atoms with Crippen molar-refractivity contribution in [2.75, 3.05) is 6.54 Å². The number of alkyl halides is 2. The Morgan fingerprint density at radius 2 is 1.89 bits per heavy atom. The second kappa shape index (κ2) is 8.48. The fourth-order valence-corrected chi connectivity index (χ4v) is 2.55. The molecule has 1 aromatic heterocycles. The topological polar surface area (TPSA) is 59.2 Å². The summed E-state index contributed by atoms with van der Waals surface area (Å²) in [6.45, 7) is 0.532. The minimum atomic E-state index is -2.89. The first-order valence-corrected chi connectivity index (χ1v) is 8.20. The smallest absolute Gasteiger partial charge is 0.314 e. The van der Waals surface area contributed by atoms with Crippen LogP contribution in [0, 0.1) is 5.82 Å². The van der Waals surface area contributed by atoms with Crippen LogP contribution in [0.5, 0.6) is 0 Å². The van der Waals surface area contributed by atoms with Crippen molar-refractivity contribution in [2.24, 2.45) is 0 Å². The monoisotopic (exact) mass is 375 g/mol. The summed E-state index contributed by atoms with van der Waals surface area (Å²) in [6, 6.07) is 13.7. The molecule has 3 aromatic rings. The molecule has 5 nitrogen and oxygen atoms in total. The predicted octanol–water partition coefficient (Wildman–Crippen LogP) is 4.01. The lowest BCUT2D eigenvalue weighted by atomic mass is 10.1. The molecular formula is C19H16F3N3O2. The average molecular weight is 375 g/mol. The van der Waals surface area contributed by atoms with E-state index in [-0.39, 0.29) is 18.0 Å². The molecule has 0 fully saturated rings. The van der Waals surface area contributed by atoms with E-state index in [1.165, 1.54) is 17.0 Å². The molecule has 0 aliphatic rings. The van der Waals surface area contributed by atoms with Crippen LogP contribution in [0.2, 0.25) is 0 Å². The van der Waals surface area contributed by atoms with Gasteiger partial charge in [0.05, 0.1) is 0 Å². The van der Waals surface area contributed by atoms with E-state index in [0.717, 1.165) is 11.6 Å². The van der Waals surface area contributed by atoms with Gasteiger partial charge in [0.25, 0.3) is 5.89 Å². The first kappa shape index (κ1) is 18.6. The van der Waals surface area contributed by atoms with Crippen LogP contribution in [-0.2, 0) is 17.8 Å². The molecule has 0 saturated carbocycles. The van der Waals surface area contributed by atoms with Crippen molar-refractivity contribution >= 4 is 6.41 Å². The molecule has 1 amide bonds. The molecule has 0 aliphatic carbocycles. The van der Waals surface area contributed by atoms with Crippen molar-refractivity contribution in [3.63, 3.8) is 0 Å². The zero-order valence-corrected chi connectivity index (χ0v) is 14.2. The van der Waals surface area contributed by atoms with Gasteiger partial charge in [-0.15, -0.1) is 10.2 Å². The van der Waals surface area contributed by atoms with Gasteiger partial charge in [0.15, 0.2) is 0 Å². The number of rotatable bonds is 8. The lowest BCUT2D eigenvalue weighted by Crippen LogP contribution is -2.24. The zero-order valence-electron chi connectivity index (χ0n) is 14.2. The maximum Gasteiger partial charge on any atom is 0.314 e. The summed E-state index contributed by atoms with van der Waals surface area (Å²) in [4.78, 5) is 12.8. The molecule has 0 saturated heterocycles. The molecule has 1 heterocycles. The van der Waals surface area contributed by atoms with Crippen LogP contribution in [0.4, 0.5) is 13.2 Å². The van der Waals surface area contributed by atoms with E-state index in [2.05, 4.69) is 10.2 Å². The Bertz CT molecular complexity index is 900. The van der Waals surface area contributed by atoms with Crippen molar-refractivity contribution in [1.29, 1.82) is 0 Å². The molecule has 0 bridgehead atoms. The van der Waals surface area contributed by atoms with Crippen LogP contribution in [0.3, 0.4) is 0 Å². The van der Waals surface area contributed by atoms with Crippen molar-refractivity contribution in [3.8, 4) is 11.5 Å². The van der Waals surface area contributed by atoms with Gasteiger partial charge in [0, 0.05) is 24.2 Å². The highest BCUT2D eigenvalue weighted by Crippen LogP contribution is 2.25. The number of aromatic nitrogens is 2. The summed E-state index contributed by atoms with van der Waals surface area (Å²) in [5.41, 5.74) is 1.57. The zero-order chi connectivity index (χ0) is 19.2. The Morgan fingerprint density at radius 3 is 2.52 bits per heavy atom. The second-order valence-electron chi connectivity index (χ2n) is 5.86. The van der Waals surface area contributed by atoms with Crippen LogP contribution >= 0.6 is 0 Å². The van der Waals surface area contributed by atoms with E-state index >= 15 is 0 Å². The summed E-state index contributed by atoms with van der Waals surface area (Å²) >= 11 is 0. The maximum atomic E-state index is 14.4. The Morgan fingerprint density at radius 1 is 1.11 bits per heavy atom. The molecule has 0 atom stereocenters. The third-order valence-corrected chi connectivity index (χ3v) is 3.98. The number of carbonyl (C=O) groups excluding carboxylic acids is 1. The van der Waals surface area contributed by atoms with E-state index in [1.807, 2.05) is 30.3 Å². The lowest BCUT2D eigenvalue weighted by Gasteiger charge is -2.18. The van der Waals surface area contributed by atoms with E-state index in [4.69, 9.17) is 4.42 Å². The van der Waals surface area contributed by atoms with Gasteiger partial charge in [0.2, 0.25) is 12.3 Å². The number of halogens is 3. The Labute approximate surface area is 153 Å². The number of amides is 1. The van der Waals surface area contributed by atoms with Gasteiger partial charge in [-0.2, -0.15) is 8.78 Å². The van der Waals surface area contributed by atoms with Crippen LogP contribution in [0.1, 0.15) is 23.4 Å². The highest BCUT2D eigenvalue weighted by atomic mass is 19.3. The van der Waals surface area contributed by atoms with Crippen LogP contribution in [-0.4, -0.2) is 28.1 Å². The Kier molecular flexibility index (Phi) is 5.85. The quantitative estimate of drug-likeness (QED) is 0.558. The van der Waals surface area contributed by atoms with Gasteiger partial charge in [-0.25, -0.2) is 4.39 Å². The summed E-state index contributed by atoms with van der Waals surface area (Å²) in [5.74, 6) is -1.59. The number of benzene rings is 2. The molecule has 3 rings (SSSR count). The minimum absolute atomic E-state index is 0.0918. The molecule has 0 N–H and O–H groups in total. The van der Waals surface area contributed by atoms with E-state index in [9.17, 15) is 18.0 Å². The van der Waals surface area contributed by atoms with Crippen molar-refractivity contribution in [1.82, 2.24) is 15.1 Å². The Balaban J connectivity index is 1.68. The normalized spacial score (nSPS) is 11.0. The van der Waals surface area contributed by atoms with Gasteiger partial charge >= 0.3 is 6.43 Å². The van der Waals surface area contributed by atoms with Crippen LogP contribution in [0.25, 0.3) is 11.5 Å². The first-order valence-electron chi connectivity index (χ1n) is 8.20. The average Bonchev–Trinajstić information content (AvgIpc) is 3.17. The molecule has 8 heteroatoms. The molecule has 0 unspecified atom stereocenters. The fourth-order valence-electron chi connectivity index (χ4n) is 2.55. The minimum Gasteiger partial charge on any atom is -0.415 e. The molecule has 140 valence electrons. The highest BCUT2D eigenvalue weighted by Gasteiger charge is 2.18. The van der Waals surface area contributed by atoms with Gasteiger partial charge < -0.3 is 9.32 Å². The van der Waals surface area contributed by atoms with Gasteiger partial charge in [-0.3, -0.25) is 4.79 Å². The van der Waals surface area contributed by atoms with E-state index < -0.39 is 18.1 Å². The predicted molar refractivity (Wildman–Crippen MR) is 91.3 cm³/mol. The second-order valence-corrected chi connectivity index (χ2v) is 5.86. The SMILES string of the molecule is O=CN(CCc1ccccc1)Cc1ccc(-c2nnc(C(F)F)o2)cc1F. The highest BCUT2D eigenvalue weighted by molar-refractivity contribution is 5.54. The largest absolute Gasteiger partial charge is 0.415 e. The van der Waals surface area contributed by atoms with Crippen molar-refractivity contribution in [2.45, 2.75) is 19.4 Å². The van der Waals surface area contributed by atoms with E-state index in [0.29, 0.717) is 24.9 Å². The van der Waals surface area contributed by atoms with Gasteiger partial charge in [0.1, 0.15) is 5.82 Å². The standard InChI is InChI=1S/C19H16F3N3O2/c20-16-10-14(18-23-24-19(27-18)17(21)22)6-7-15(16)11-25(12-26)9-8-13-4-2-1-3-5-13/h1-7,10,12,17H,8-9,11H2. The van der Waals surface area contributed by atoms with Gasteiger partial charge in [-0.05, 0) is 24.1 Å². The van der Waals surface area contributed by atoms with Gasteiger partial charge in [-0.1, -0.05) is 36.4 Å². The molecule has 0 radical (unpaired) electrons. The number of carbonyl (C=O) groups is 1. The molecular weight excluding hydrogens is 359 g/mol. The summed E-state index contributed by atoms with van der Waals surface area (Å²) in [7, 11) is 0. The van der Waals surface area contributed by atoms with Crippen LogP contribution < -0.4 is 0 Å². The first-order chi connectivity index (χ1) is 13.1. The maximum absolute atomic E-state index is 14.4. The molecule has 27 heavy (non-hydrogen) atoms. The molecule has 2 aromatic carbocycles. The summed E-state index contributed by atoms with van der Waals surface area (Å²) in [5, 5.41) is 6.70. The Hall–Kier alpha value is -3.16. The number of hydrogen-bond acceptors (Lipinski definition) is 4.